The van der Waals surface area contributed by atoms with E-state index in [1.807, 2.05) is 20.9 Å². The number of rotatable bonds is 4. The number of alkyl halides is 3. The van der Waals surface area contributed by atoms with Crippen molar-refractivity contribution in [3.05, 3.63) is 34.4 Å². The van der Waals surface area contributed by atoms with Gasteiger partial charge in [0.1, 0.15) is 12.6 Å². The molecule has 10 heteroatoms. The topological polar surface area (TPSA) is 74.0 Å². The van der Waals surface area contributed by atoms with Crippen LogP contribution in [0.25, 0.3) is 0 Å². The average molecular weight is 385 g/mol. The molecule has 148 valence electrons. The second-order valence-corrected chi connectivity index (χ2v) is 6.79. The van der Waals surface area contributed by atoms with Crippen molar-refractivity contribution in [3.63, 3.8) is 0 Å². The summed E-state index contributed by atoms with van der Waals surface area (Å²) in [5.41, 5.74) is 2.00. The van der Waals surface area contributed by atoms with Crippen molar-refractivity contribution in [2.45, 2.75) is 52.1 Å². The summed E-state index contributed by atoms with van der Waals surface area (Å²) in [5.74, 6) is -0.408. The molecule has 0 saturated carbocycles. The predicted molar refractivity (Wildman–Crippen MR) is 89.9 cm³/mol. The van der Waals surface area contributed by atoms with Crippen LogP contribution >= 0.6 is 0 Å². The first-order chi connectivity index (χ1) is 12.6. The van der Waals surface area contributed by atoms with Crippen LogP contribution in [0.4, 0.5) is 13.2 Å². The summed E-state index contributed by atoms with van der Waals surface area (Å²) in [6, 6.07) is 0.661. The van der Waals surface area contributed by atoms with Crippen LogP contribution in [0, 0.1) is 20.8 Å². The normalized spacial score (nSPS) is 20.3. The van der Waals surface area contributed by atoms with E-state index in [1.54, 1.807) is 4.68 Å². The van der Waals surface area contributed by atoms with E-state index < -0.39 is 17.8 Å². The lowest BCUT2D eigenvalue weighted by Crippen LogP contribution is -2.39. The minimum atomic E-state index is -4.54. The van der Waals surface area contributed by atoms with Gasteiger partial charge in [-0.2, -0.15) is 23.4 Å². The smallest absolute Gasteiger partial charge is 0.371 e. The molecular weight excluding hydrogens is 363 g/mol. The SMILES string of the molecule is Cc1nn(C)c(C)c1[C@H]1OCC[C@@H]1NC(=O)Cn1nc(C(F)(F)F)cc1C. The van der Waals surface area contributed by atoms with E-state index in [9.17, 15) is 18.0 Å². The fourth-order valence-corrected chi connectivity index (χ4v) is 3.42. The van der Waals surface area contributed by atoms with Crippen LogP contribution in [0.2, 0.25) is 0 Å². The molecule has 7 nitrogen and oxygen atoms in total. The Morgan fingerprint density at radius 1 is 1.33 bits per heavy atom. The average Bonchev–Trinajstić information content (AvgIpc) is 3.20. The molecule has 0 spiro atoms. The molecule has 2 aromatic heterocycles. The van der Waals surface area contributed by atoms with Gasteiger partial charge in [0.05, 0.1) is 11.7 Å². The van der Waals surface area contributed by atoms with Crippen LogP contribution in [-0.2, 0) is 29.3 Å². The van der Waals surface area contributed by atoms with E-state index in [0.717, 1.165) is 27.7 Å². The van der Waals surface area contributed by atoms with Crippen molar-refractivity contribution in [2.75, 3.05) is 6.61 Å². The molecule has 3 rings (SSSR count). The highest BCUT2D eigenvalue weighted by molar-refractivity contribution is 5.76. The molecule has 0 aliphatic carbocycles. The molecule has 27 heavy (non-hydrogen) atoms. The van der Waals surface area contributed by atoms with E-state index in [0.29, 0.717) is 13.0 Å². The van der Waals surface area contributed by atoms with Crippen molar-refractivity contribution in [3.8, 4) is 0 Å². The quantitative estimate of drug-likeness (QED) is 0.876. The maximum atomic E-state index is 12.8. The highest BCUT2D eigenvalue weighted by atomic mass is 19.4. The van der Waals surface area contributed by atoms with Crippen molar-refractivity contribution in [1.29, 1.82) is 0 Å². The number of amides is 1. The third-order valence-corrected chi connectivity index (χ3v) is 4.85. The second-order valence-electron chi connectivity index (χ2n) is 6.79. The van der Waals surface area contributed by atoms with Gasteiger partial charge >= 0.3 is 6.18 Å². The Bertz CT molecular complexity index is 856. The third-order valence-electron chi connectivity index (χ3n) is 4.85. The Hall–Kier alpha value is -2.36. The number of nitrogens with one attached hydrogen (secondary N) is 1. The van der Waals surface area contributed by atoms with Crippen molar-refractivity contribution in [2.24, 2.45) is 7.05 Å². The van der Waals surface area contributed by atoms with E-state index in [2.05, 4.69) is 15.5 Å². The summed E-state index contributed by atoms with van der Waals surface area (Å²) in [6.07, 6.45) is -4.24. The molecule has 0 aromatic carbocycles. The molecule has 1 aliphatic rings. The maximum Gasteiger partial charge on any atom is 0.435 e. The first-order valence-electron chi connectivity index (χ1n) is 8.60. The molecule has 1 amide bonds. The van der Waals surface area contributed by atoms with E-state index in [-0.39, 0.29) is 24.4 Å². The Kier molecular flexibility index (Phi) is 5.02. The van der Waals surface area contributed by atoms with Gasteiger partial charge in [0.25, 0.3) is 0 Å². The summed E-state index contributed by atoms with van der Waals surface area (Å²) in [5, 5.41) is 10.7. The molecule has 0 unspecified atom stereocenters. The first-order valence-corrected chi connectivity index (χ1v) is 8.60. The third kappa shape index (κ3) is 3.85. The number of hydrogen-bond donors (Lipinski definition) is 1. The standard InChI is InChI=1S/C17H22F3N5O2/c1-9-7-13(17(18,19)20)23-25(9)8-14(26)21-12-5-6-27-16(12)15-10(2)22-24(4)11(15)3/h7,12,16H,5-6,8H2,1-4H3,(H,21,26)/t12-,16-/m0/s1. The number of aryl methyl sites for hydroxylation is 3. The van der Waals surface area contributed by atoms with Gasteiger partial charge in [-0.05, 0) is 33.3 Å². The van der Waals surface area contributed by atoms with Gasteiger partial charge < -0.3 is 10.1 Å². The monoisotopic (exact) mass is 385 g/mol. The molecular formula is C17H22F3N5O2. The van der Waals surface area contributed by atoms with Crippen molar-refractivity contribution in [1.82, 2.24) is 24.9 Å². The van der Waals surface area contributed by atoms with Gasteiger partial charge in [-0.25, -0.2) is 0 Å². The number of halogens is 3. The molecule has 1 aliphatic heterocycles. The van der Waals surface area contributed by atoms with Crippen LogP contribution in [0.5, 0.6) is 0 Å². The summed E-state index contributed by atoms with van der Waals surface area (Å²) in [6.45, 7) is 5.51. The van der Waals surface area contributed by atoms with Crippen LogP contribution in [0.1, 0.15) is 40.9 Å². The second kappa shape index (κ2) is 6.99. The Morgan fingerprint density at radius 2 is 2.04 bits per heavy atom. The summed E-state index contributed by atoms with van der Waals surface area (Å²) < 4.78 is 46.9. The van der Waals surface area contributed by atoms with Gasteiger partial charge in [-0.15, -0.1) is 0 Å². The maximum absolute atomic E-state index is 12.8. The number of nitrogens with zero attached hydrogens (tertiary/aromatic N) is 4. The number of hydrogen-bond acceptors (Lipinski definition) is 4. The lowest BCUT2D eigenvalue weighted by Gasteiger charge is -2.21. The van der Waals surface area contributed by atoms with Gasteiger partial charge in [-0.3, -0.25) is 14.2 Å². The molecule has 0 bridgehead atoms. The number of carbonyl (C=O) groups excluding carboxylic acids is 1. The minimum absolute atomic E-state index is 0.267. The molecule has 2 atom stereocenters. The highest BCUT2D eigenvalue weighted by Crippen LogP contribution is 2.33. The molecule has 0 radical (unpaired) electrons. The summed E-state index contributed by atoms with van der Waals surface area (Å²) in [4.78, 5) is 12.4. The van der Waals surface area contributed by atoms with Crippen molar-refractivity contribution >= 4 is 5.91 Å². The van der Waals surface area contributed by atoms with Gasteiger partial charge in [0.15, 0.2) is 5.69 Å². The molecule has 1 fully saturated rings. The zero-order chi connectivity index (χ0) is 19.9. The number of ether oxygens (including phenoxy) is 1. The van der Waals surface area contributed by atoms with Gasteiger partial charge in [0.2, 0.25) is 5.91 Å². The van der Waals surface area contributed by atoms with Crippen LogP contribution in [0.15, 0.2) is 6.07 Å². The zero-order valence-corrected chi connectivity index (χ0v) is 15.6. The highest BCUT2D eigenvalue weighted by Gasteiger charge is 2.36. The summed E-state index contributed by atoms with van der Waals surface area (Å²) in [7, 11) is 1.84. The fourth-order valence-electron chi connectivity index (χ4n) is 3.42. The number of aromatic nitrogens is 4. The van der Waals surface area contributed by atoms with Crippen molar-refractivity contribution < 1.29 is 22.7 Å². The first kappa shape index (κ1) is 19.4. The number of carbonyl (C=O) groups is 1. The molecule has 1 N–H and O–H groups in total. The zero-order valence-electron chi connectivity index (χ0n) is 15.6. The largest absolute Gasteiger partial charge is 0.435 e. The Morgan fingerprint density at radius 3 is 2.59 bits per heavy atom. The van der Waals surface area contributed by atoms with Crippen LogP contribution < -0.4 is 5.32 Å². The Labute approximate surface area is 154 Å². The summed E-state index contributed by atoms with van der Waals surface area (Å²) >= 11 is 0. The molecule has 3 heterocycles. The van der Waals surface area contributed by atoms with Crippen LogP contribution in [0.3, 0.4) is 0 Å². The van der Waals surface area contributed by atoms with Crippen LogP contribution in [-0.4, -0.2) is 38.1 Å². The van der Waals surface area contributed by atoms with E-state index >= 15 is 0 Å². The fraction of sp³-hybridized carbons (Fsp3) is 0.588. The van der Waals surface area contributed by atoms with E-state index in [1.165, 1.54) is 6.92 Å². The Balaban J connectivity index is 1.71. The van der Waals surface area contributed by atoms with Gasteiger partial charge in [-0.1, -0.05) is 0 Å². The molecule has 2 aromatic rings. The minimum Gasteiger partial charge on any atom is -0.371 e. The lowest BCUT2D eigenvalue weighted by molar-refractivity contribution is -0.141. The van der Waals surface area contributed by atoms with Gasteiger partial charge in [0, 0.05) is 30.6 Å². The predicted octanol–water partition coefficient (Wildman–Crippen LogP) is 2.21. The lowest BCUT2D eigenvalue weighted by atomic mass is 10.0. The van der Waals surface area contributed by atoms with E-state index in [4.69, 9.17) is 4.74 Å². The molecule has 1 saturated heterocycles.